The van der Waals surface area contributed by atoms with Gasteiger partial charge >= 0.3 is 12.1 Å². The second kappa shape index (κ2) is 7.68. The van der Waals surface area contributed by atoms with E-state index in [1.807, 2.05) is 45.0 Å². The summed E-state index contributed by atoms with van der Waals surface area (Å²) >= 11 is 0. The number of carboxylic acids is 1. The topological polar surface area (TPSA) is 76.1 Å². The molecule has 164 valence electrons. The summed E-state index contributed by atoms with van der Waals surface area (Å²) in [5, 5.41) is 9.84. The maximum atomic E-state index is 13.0. The Morgan fingerprint density at radius 3 is 2.13 bits per heavy atom. The minimum Gasteiger partial charge on any atom is -0.480 e. The molecule has 0 radical (unpaired) electrons. The summed E-state index contributed by atoms with van der Waals surface area (Å²) < 4.78 is 11.7. The fraction of sp³-hybridized carbons (Fsp3) is 0.440. The highest BCUT2D eigenvalue weighted by Crippen LogP contribution is 2.44. The third-order valence-corrected chi connectivity index (χ3v) is 6.14. The van der Waals surface area contributed by atoms with Crippen molar-refractivity contribution in [3.8, 4) is 11.1 Å². The maximum Gasteiger partial charge on any atom is 0.410 e. The third-order valence-electron chi connectivity index (χ3n) is 6.14. The van der Waals surface area contributed by atoms with Gasteiger partial charge in [0.25, 0.3) is 0 Å². The number of hydrogen-bond acceptors (Lipinski definition) is 4. The number of aliphatic carboxylic acids is 1. The molecule has 1 aliphatic heterocycles. The molecule has 0 bridgehead atoms. The lowest BCUT2D eigenvalue weighted by Crippen LogP contribution is -2.51. The molecule has 1 aliphatic carbocycles. The Hall–Kier alpha value is -2.86. The molecule has 2 atom stereocenters. The van der Waals surface area contributed by atoms with Crippen LogP contribution >= 0.6 is 0 Å². The van der Waals surface area contributed by atoms with Crippen LogP contribution in [0, 0.1) is 0 Å². The van der Waals surface area contributed by atoms with Crippen LogP contribution < -0.4 is 0 Å². The normalized spacial score (nSPS) is 22.8. The van der Waals surface area contributed by atoms with E-state index in [1.165, 1.54) is 4.90 Å². The summed E-state index contributed by atoms with van der Waals surface area (Å²) in [6.45, 7) is 7.66. The van der Waals surface area contributed by atoms with Crippen LogP contribution in [0.15, 0.2) is 48.5 Å². The maximum absolute atomic E-state index is 13.0. The van der Waals surface area contributed by atoms with Crippen molar-refractivity contribution < 1.29 is 24.2 Å². The lowest BCUT2D eigenvalue weighted by atomic mass is 9.98. The predicted octanol–water partition coefficient (Wildman–Crippen LogP) is 4.67. The Kier molecular flexibility index (Phi) is 5.30. The Bertz CT molecular complexity index is 965. The molecule has 2 aliphatic rings. The molecular formula is C25H29NO5. The number of ether oxygens (including phenoxy) is 2. The molecule has 1 saturated heterocycles. The van der Waals surface area contributed by atoms with Crippen LogP contribution in [0.1, 0.15) is 51.2 Å². The van der Waals surface area contributed by atoms with Gasteiger partial charge in [-0.25, -0.2) is 9.59 Å². The molecule has 31 heavy (non-hydrogen) atoms. The van der Waals surface area contributed by atoms with Crippen LogP contribution in [0.5, 0.6) is 0 Å². The summed E-state index contributed by atoms with van der Waals surface area (Å²) in [6, 6.07) is 16.2. The zero-order valence-corrected chi connectivity index (χ0v) is 18.4. The van der Waals surface area contributed by atoms with Crippen molar-refractivity contribution in [3.63, 3.8) is 0 Å². The summed E-state index contributed by atoms with van der Waals surface area (Å²) in [5.74, 6) is -1.13. The van der Waals surface area contributed by atoms with Gasteiger partial charge in [0.15, 0.2) is 0 Å². The first kappa shape index (κ1) is 21.4. The molecule has 0 spiro atoms. The molecule has 2 aromatic carbocycles. The van der Waals surface area contributed by atoms with Crippen molar-refractivity contribution in [1.82, 2.24) is 4.90 Å². The molecule has 1 heterocycles. The van der Waals surface area contributed by atoms with Gasteiger partial charge in [0.2, 0.25) is 0 Å². The van der Waals surface area contributed by atoms with Gasteiger partial charge < -0.3 is 14.6 Å². The first-order valence-corrected chi connectivity index (χ1v) is 10.6. The second-order valence-electron chi connectivity index (χ2n) is 9.55. The van der Waals surface area contributed by atoms with Gasteiger partial charge in [-0.05, 0) is 49.9 Å². The second-order valence-corrected chi connectivity index (χ2v) is 9.55. The molecule has 2 aromatic rings. The number of likely N-dealkylation sites (tertiary alicyclic amines) is 1. The fourth-order valence-corrected chi connectivity index (χ4v) is 4.75. The van der Waals surface area contributed by atoms with E-state index in [0.29, 0.717) is 0 Å². The van der Waals surface area contributed by atoms with Gasteiger partial charge in [0.1, 0.15) is 12.1 Å². The third kappa shape index (κ3) is 3.92. The van der Waals surface area contributed by atoms with E-state index >= 15 is 0 Å². The number of fused-ring (bicyclic) bond motifs is 3. The number of rotatable bonds is 4. The van der Waals surface area contributed by atoms with Crippen molar-refractivity contribution in [2.24, 2.45) is 0 Å². The first-order chi connectivity index (χ1) is 14.6. The van der Waals surface area contributed by atoms with Crippen LogP contribution in [-0.4, -0.2) is 52.5 Å². The lowest BCUT2D eigenvalue weighted by Gasteiger charge is -2.30. The van der Waals surface area contributed by atoms with Gasteiger partial charge in [0, 0.05) is 12.3 Å². The molecule has 1 N–H and O–H groups in total. The zero-order valence-electron chi connectivity index (χ0n) is 18.4. The molecule has 0 aromatic heterocycles. The quantitative estimate of drug-likeness (QED) is 0.774. The molecule has 1 fully saturated rings. The van der Waals surface area contributed by atoms with Gasteiger partial charge in [-0.2, -0.15) is 0 Å². The minimum absolute atomic E-state index is 0.0725. The Morgan fingerprint density at radius 1 is 1.06 bits per heavy atom. The minimum atomic E-state index is -1.36. The van der Waals surface area contributed by atoms with E-state index < -0.39 is 23.2 Å². The summed E-state index contributed by atoms with van der Waals surface area (Å²) in [5.41, 5.74) is 2.74. The Labute approximate surface area is 182 Å². The number of amides is 1. The van der Waals surface area contributed by atoms with Crippen LogP contribution in [0.25, 0.3) is 11.1 Å². The van der Waals surface area contributed by atoms with Gasteiger partial charge in [-0.1, -0.05) is 48.5 Å². The van der Waals surface area contributed by atoms with Crippen molar-refractivity contribution in [3.05, 3.63) is 59.7 Å². The van der Waals surface area contributed by atoms with Gasteiger partial charge in [0.05, 0.1) is 18.2 Å². The monoisotopic (exact) mass is 423 g/mol. The number of carboxylic acid groups (broad SMARTS) is 1. The molecule has 0 unspecified atom stereocenters. The summed E-state index contributed by atoms with van der Waals surface area (Å²) in [7, 11) is 0. The molecule has 6 heteroatoms. The van der Waals surface area contributed by atoms with Crippen molar-refractivity contribution in [2.75, 3.05) is 13.2 Å². The highest BCUT2D eigenvalue weighted by Gasteiger charge is 2.52. The number of carbonyl (C=O) groups excluding carboxylic acids is 1. The van der Waals surface area contributed by atoms with E-state index in [1.54, 1.807) is 6.92 Å². The van der Waals surface area contributed by atoms with Crippen molar-refractivity contribution in [1.29, 1.82) is 0 Å². The van der Waals surface area contributed by atoms with Gasteiger partial charge in [-0.3, -0.25) is 4.90 Å². The Morgan fingerprint density at radius 2 is 1.61 bits per heavy atom. The summed E-state index contributed by atoms with van der Waals surface area (Å²) in [6.07, 6.45) is -0.752. The molecule has 4 rings (SSSR count). The number of hydrogen-bond donors (Lipinski definition) is 1. The van der Waals surface area contributed by atoms with Crippen LogP contribution in [-0.2, 0) is 14.3 Å². The molecule has 0 saturated carbocycles. The summed E-state index contributed by atoms with van der Waals surface area (Å²) in [4.78, 5) is 26.4. The fourth-order valence-electron chi connectivity index (χ4n) is 4.75. The van der Waals surface area contributed by atoms with Gasteiger partial charge in [-0.15, -0.1) is 0 Å². The smallest absolute Gasteiger partial charge is 0.410 e. The van der Waals surface area contributed by atoms with Crippen molar-refractivity contribution >= 4 is 12.1 Å². The molecule has 6 nitrogen and oxygen atoms in total. The Balaban J connectivity index is 1.52. The average Bonchev–Trinajstić information content (AvgIpc) is 3.20. The standard InChI is InChI=1S/C25H29NO5/c1-24(2,3)31-16-13-25(4,22(27)28)26(14-16)23(29)30-15-21-19-11-7-5-9-17(19)18-10-6-8-12-20(18)21/h5-12,16,21H,13-15H2,1-4H3,(H,27,28)/t16-,25-/m1/s1. The highest BCUT2D eigenvalue weighted by molar-refractivity contribution is 5.85. The van der Waals surface area contributed by atoms with Crippen LogP contribution in [0.2, 0.25) is 0 Å². The van der Waals surface area contributed by atoms with E-state index in [2.05, 4.69) is 24.3 Å². The lowest BCUT2D eigenvalue weighted by molar-refractivity contribution is -0.148. The molecular weight excluding hydrogens is 394 g/mol. The zero-order chi connectivity index (χ0) is 22.4. The first-order valence-electron chi connectivity index (χ1n) is 10.6. The van der Waals surface area contributed by atoms with E-state index in [0.717, 1.165) is 22.3 Å². The van der Waals surface area contributed by atoms with Crippen molar-refractivity contribution in [2.45, 2.75) is 57.3 Å². The molecule has 1 amide bonds. The van der Waals surface area contributed by atoms with E-state index in [-0.39, 0.29) is 31.6 Å². The average molecular weight is 424 g/mol. The van der Waals surface area contributed by atoms with E-state index in [4.69, 9.17) is 9.47 Å². The van der Waals surface area contributed by atoms with Crippen LogP contribution in [0.4, 0.5) is 4.79 Å². The SMILES string of the molecule is CC(C)(C)O[C@H]1CN(C(=O)OCC2c3ccccc3-c3ccccc32)[C@@](C)(C(=O)O)C1. The van der Waals surface area contributed by atoms with Crippen LogP contribution in [0.3, 0.4) is 0 Å². The largest absolute Gasteiger partial charge is 0.480 e. The number of benzene rings is 2. The predicted molar refractivity (Wildman–Crippen MR) is 117 cm³/mol. The number of carbonyl (C=O) groups is 2. The highest BCUT2D eigenvalue weighted by atomic mass is 16.6. The van der Waals surface area contributed by atoms with E-state index in [9.17, 15) is 14.7 Å². The number of nitrogens with zero attached hydrogens (tertiary/aromatic N) is 1.